The zero-order chi connectivity index (χ0) is 8.59. The molecule has 1 N–H and O–H groups in total. The Morgan fingerprint density at radius 1 is 1.55 bits per heavy atom. The molecule has 0 bridgehead atoms. The SMILES string of the molecule is O=C(O)c1sc(Cl)c(Cl)c1F. The quantitative estimate of drug-likeness (QED) is 0.781. The molecule has 0 aromatic carbocycles. The Balaban J connectivity index is 3.29. The average Bonchev–Trinajstić information content (AvgIpc) is 2.17. The van der Waals surface area contributed by atoms with Gasteiger partial charge in [0, 0.05) is 0 Å². The van der Waals surface area contributed by atoms with Gasteiger partial charge in [-0.25, -0.2) is 9.18 Å². The molecule has 1 rings (SSSR count). The van der Waals surface area contributed by atoms with Crippen LogP contribution in [0.5, 0.6) is 0 Å². The zero-order valence-corrected chi connectivity index (χ0v) is 7.23. The third kappa shape index (κ3) is 1.47. The molecule has 0 atom stereocenters. The van der Waals surface area contributed by atoms with Crippen molar-refractivity contribution in [3.8, 4) is 0 Å². The largest absolute Gasteiger partial charge is 0.477 e. The lowest BCUT2D eigenvalue weighted by atomic mass is 10.4. The fraction of sp³-hybridized carbons (Fsp3) is 0. The van der Waals surface area contributed by atoms with Crippen LogP contribution in [0, 0.1) is 5.82 Å². The second-order valence-electron chi connectivity index (χ2n) is 1.64. The number of thiophene rings is 1. The first-order valence-electron chi connectivity index (χ1n) is 2.40. The molecule has 1 aromatic rings. The van der Waals surface area contributed by atoms with E-state index in [4.69, 9.17) is 28.3 Å². The van der Waals surface area contributed by atoms with Crippen LogP contribution < -0.4 is 0 Å². The van der Waals surface area contributed by atoms with Crippen molar-refractivity contribution in [3.05, 3.63) is 20.1 Å². The van der Waals surface area contributed by atoms with Gasteiger partial charge in [-0.2, -0.15) is 0 Å². The summed E-state index contributed by atoms with van der Waals surface area (Å²) in [5.74, 6) is -2.32. The lowest BCUT2D eigenvalue weighted by molar-refractivity contribution is 0.0698. The standard InChI is InChI=1S/C5HCl2FO2S/c6-1-2(8)3(5(9)10)11-4(1)7/h(H,9,10). The van der Waals surface area contributed by atoms with E-state index in [1.165, 1.54) is 0 Å². The zero-order valence-electron chi connectivity index (χ0n) is 4.90. The highest BCUT2D eigenvalue weighted by molar-refractivity contribution is 7.18. The van der Waals surface area contributed by atoms with Crippen LogP contribution in [-0.4, -0.2) is 11.1 Å². The molecule has 0 amide bonds. The molecule has 0 radical (unpaired) electrons. The van der Waals surface area contributed by atoms with Gasteiger partial charge in [-0.05, 0) is 0 Å². The lowest BCUT2D eigenvalue weighted by Gasteiger charge is -1.84. The molecule has 0 saturated carbocycles. The molecular formula is C5HCl2FO2S. The minimum absolute atomic E-state index is 0.0402. The molecule has 6 heteroatoms. The molecule has 11 heavy (non-hydrogen) atoms. The van der Waals surface area contributed by atoms with Gasteiger partial charge in [0.05, 0.1) is 0 Å². The van der Waals surface area contributed by atoms with E-state index in [0.717, 1.165) is 0 Å². The second-order valence-corrected chi connectivity index (χ2v) is 3.64. The van der Waals surface area contributed by atoms with Crippen molar-refractivity contribution in [3.63, 3.8) is 0 Å². The van der Waals surface area contributed by atoms with Gasteiger partial charge in [-0.3, -0.25) is 0 Å². The van der Waals surface area contributed by atoms with Crippen LogP contribution in [0.25, 0.3) is 0 Å². The minimum Gasteiger partial charge on any atom is -0.477 e. The number of carboxylic acid groups (broad SMARTS) is 1. The van der Waals surface area contributed by atoms with Crippen molar-refractivity contribution < 1.29 is 14.3 Å². The molecule has 0 saturated heterocycles. The van der Waals surface area contributed by atoms with Gasteiger partial charge in [-0.15, -0.1) is 11.3 Å². The maximum atomic E-state index is 12.7. The summed E-state index contributed by atoms with van der Waals surface area (Å²) in [5, 5.41) is 8.03. The minimum atomic E-state index is -1.36. The summed E-state index contributed by atoms with van der Waals surface area (Å²) in [6.07, 6.45) is 0. The predicted molar refractivity (Wildman–Crippen MR) is 41.3 cm³/mol. The fourth-order valence-corrected chi connectivity index (χ4v) is 1.72. The Morgan fingerprint density at radius 3 is 2.27 bits per heavy atom. The van der Waals surface area contributed by atoms with Crippen LogP contribution in [-0.2, 0) is 0 Å². The summed E-state index contributed by atoms with van der Waals surface area (Å²) in [4.78, 5) is 9.78. The highest BCUT2D eigenvalue weighted by atomic mass is 35.5. The molecule has 2 nitrogen and oxygen atoms in total. The highest BCUT2D eigenvalue weighted by Gasteiger charge is 2.20. The number of aromatic carboxylic acids is 1. The number of hydrogen-bond donors (Lipinski definition) is 1. The molecule has 0 aliphatic carbocycles. The number of carboxylic acids is 1. The topological polar surface area (TPSA) is 37.3 Å². The number of halogens is 3. The first kappa shape index (κ1) is 8.77. The molecule has 0 fully saturated rings. The average molecular weight is 215 g/mol. The van der Waals surface area contributed by atoms with Gasteiger partial charge in [-0.1, -0.05) is 23.2 Å². The monoisotopic (exact) mass is 214 g/mol. The summed E-state index contributed by atoms with van der Waals surface area (Å²) >= 11 is 11.3. The van der Waals surface area contributed by atoms with Gasteiger partial charge in [0.1, 0.15) is 9.36 Å². The lowest BCUT2D eigenvalue weighted by Crippen LogP contribution is -1.94. The maximum Gasteiger partial charge on any atom is 0.349 e. The first-order chi connectivity index (χ1) is 5.04. The number of carbonyl (C=O) groups is 1. The molecular weight excluding hydrogens is 214 g/mol. The Kier molecular flexibility index (Phi) is 2.37. The van der Waals surface area contributed by atoms with Crippen molar-refractivity contribution in [1.82, 2.24) is 0 Å². The van der Waals surface area contributed by atoms with Crippen LogP contribution in [0.3, 0.4) is 0 Å². The normalized spacial score (nSPS) is 10.1. The van der Waals surface area contributed by atoms with Crippen molar-refractivity contribution in [2.45, 2.75) is 0 Å². The van der Waals surface area contributed by atoms with E-state index in [9.17, 15) is 9.18 Å². The molecule has 60 valence electrons. The molecule has 0 aliphatic rings. The van der Waals surface area contributed by atoms with Crippen LogP contribution in [0.1, 0.15) is 9.67 Å². The van der Waals surface area contributed by atoms with E-state index < -0.39 is 16.7 Å². The molecule has 1 aromatic heterocycles. The Bertz CT molecular complexity index is 310. The maximum absolute atomic E-state index is 12.7. The summed E-state index contributed by atoms with van der Waals surface area (Å²) in [5.41, 5.74) is 0. The molecule has 0 spiro atoms. The first-order valence-corrected chi connectivity index (χ1v) is 3.98. The third-order valence-corrected chi connectivity index (χ3v) is 2.88. The van der Waals surface area contributed by atoms with Gasteiger partial charge >= 0.3 is 5.97 Å². The van der Waals surface area contributed by atoms with E-state index in [-0.39, 0.29) is 9.36 Å². The number of hydrogen-bond acceptors (Lipinski definition) is 2. The van der Waals surface area contributed by atoms with Crippen molar-refractivity contribution >= 4 is 40.5 Å². The third-order valence-electron chi connectivity index (χ3n) is 0.951. The predicted octanol–water partition coefficient (Wildman–Crippen LogP) is 2.89. The Hall–Kier alpha value is -0.320. The Labute approximate surface area is 75.2 Å². The van der Waals surface area contributed by atoms with Gasteiger partial charge in [0.15, 0.2) is 10.7 Å². The molecule has 0 aliphatic heterocycles. The van der Waals surface area contributed by atoms with Crippen LogP contribution in [0.2, 0.25) is 9.36 Å². The van der Waals surface area contributed by atoms with Crippen LogP contribution in [0.15, 0.2) is 0 Å². The van der Waals surface area contributed by atoms with E-state index >= 15 is 0 Å². The van der Waals surface area contributed by atoms with E-state index in [1.54, 1.807) is 0 Å². The van der Waals surface area contributed by atoms with Crippen LogP contribution >= 0.6 is 34.5 Å². The molecule has 0 unspecified atom stereocenters. The second kappa shape index (κ2) is 2.97. The highest BCUT2D eigenvalue weighted by Crippen LogP contribution is 2.35. The van der Waals surface area contributed by atoms with Crippen molar-refractivity contribution in [1.29, 1.82) is 0 Å². The molecule has 1 heterocycles. The van der Waals surface area contributed by atoms with E-state index in [2.05, 4.69) is 0 Å². The van der Waals surface area contributed by atoms with Crippen molar-refractivity contribution in [2.75, 3.05) is 0 Å². The van der Waals surface area contributed by atoms with E-state index in [0.29, 0.717) is 11.3 Å². The Morgan fingerprint density at radius 2 is 2.09 bits per heavy atom. The number of rotatable bonds is 1. The van der Waals surface area contributed by atoms with Gasteiger partial charge in [0.25, 0.3) is 0 Å². The summed E-state index contributed by atoms with van der Waals surface area (Å²) in [6, 6.07) is 0. The summed E-state index contributed by atoms with van der Waals surface area (Å²) in [7, 11) is 0. The fourth-order valence-electron chi connectivity index (χ4n) is 0.503. The van der Waals surface area contributed by atoms with Crippen LogP contribution in [0.4, 0.5) is 4.39 Å². The van der Waals surface area contributed by atoms with E-state index in [1.807, 2.05) is 0 Å². The van der Waals surface area contributed by atoms with Gasteiger partial charge in [0.2, 0.25) is 0 Å². The smallest absolute Gasteiger partial charge is 0.349 e. The summed E-state index contributed by atoms with van der Waals surface area (Å²) in [6.45, 7) is 0. The van der Waals surface area contributed by atoms with Crippen molar-refractivity contribution in [2.24, 2.45) is 0 Å². The summed E-state index contributed by atoms with van der Waals surface area (Å²) < 4.78 is 12.6. The van der Waals surface area contributed by atoms with Gasteiger partial charge < -0.3 is 5.11 Å².